The van der Waals surface area contributed by atoms with Gasteiger partial charge in [0.15, 0.2) is 0 Å². The van der Waals surface area contributed by atoms with Crippen LogP contribution in [0.1, 0.15) is 35.6 Å². The van der Waals surface area contributed by atoms with Crippen molar-refractivity contribution >= 4 is 39.1 Å². The van der Waals surface area contributed by atoms with Crippen LogP contribution in [0.15, 0.2) is 61.1 Å². The van der Waals surface area contributed by atoms with E-state index in [2.05, 4.69) is 15.6 Å². The van der Waals surface area contributed by atoms with Crippen LogP contribution in [-0.2, 0) is 16.6 Å². The summed E-state index contributed by atoms with van der Waals surface area (Å²) in [5.41, 5.74) is 4.12. The summed E-state index contributed by atoms with van der Waals surface area (Å²) in [7, 11) is -0.000740. The van der Waals surface area contributed by atoms with Crippen molar-refractivity contribution in [3.8, 4) is 11.4 Å². The van der Waals surface area contributed by atoms with Gasteiger partial charge in [0, 0.05) is 49.6 Å². The summed E-state index contributed by atoms with van der Waals surface area (Å²) in [6.45, 7) is 0.579. The molecule has 12 heteroatoms. The van der Waals surface area contributed by atoms with Gasteiger partial charge in [-0.15, -0.1) is 0 Å². The fraction of sp³-hybridized carbons (Fsp3) is 0.296. The second-order valence-electron chi connectivity index (χ2n) is 9.62. The van der Waals surface area contributed by atoms with E-state index >= 15 is 0 Å². The molecular weight excluding hydrogens is 538 g/mol. The lowest BCUT2D eigenvalue weighted by Crippen LogP contribution is -2.41. The number of ether oxygens (including phenoxy) is 1. The first-order valence-corrected chi connectivity index (χ1v) is 14.5. The maximum absolute atomic E-state index is 13.3. The number of nitrogens with one attached hydrogen (secondary N) is 2. The minimum atomic E-state index is -3.38. The Labute approximate surface area is 232 Å². The van der Waals surface area contributed by atoms with Gasteiger partial charge in [0.25, 0.3) is 0 Å². The topological polar surface area (TPSA) is 114 Å². The van der Waals surface area contributed by atoms with Crippen LogP contribution in [0.5, 0.6) is 5.75 Å². The number of aromatic nitrogens is 4. The summed E-state index contributed by atoms with van der Waals surface area (Å²) in [5, 5.41) is 6.57. The first-order chi connectivity index (χ1) is 18.9. The van der Waals surface area contributed by atoms with Gasteiger partial charge in [-0.1, -0.05) is 41.9 Å². The third kappa shape index (κ3) is 4.93. The highest BCUT2D eigenvalue weighted by atomic mass is 35.5. The summed E-state index contributed by atoms with van der Waals surface area (Å²) < 4.78 is 35.5. The molecule has 6 rings (SSSR count). The molecule has 0 spiro atoms. The number of rotatable bonds is 8. The largest absolute Gasteiger partial charge is 0.494 e. The Morgan fingerprint density at radius 3 is 2.56 bits per heavy atom. The highest BCUT2D eigenvalue weighted by molar-refractivity contribution is 7.90. The van der Waals surface area contributed by atoms with Gasteiger partial charge >= 0.3 is 0 Å². The molecule has 39 heavy (non-hydrogen) atoms. The third-order valence-electron chi connectivity index (χ3n) is 7.10. The highest BCUT2D eigenvalue weighted by Gasteiger charge is 2.44. The summed E-state index contributed by atoms with van der Waals surface area (Å²) >= 11 is 6.00. The average molecular weight is 566 g/mol. The predicted molar refractivity (Wildman–Crippen MR) is 151 cm³/mol. The molecule has 4 aromatic rings. The van der Waals surface area contributed by atoms with Gasteiger partial charge < -0.3 is 19.9 Å². The van der Waals surface area contributed by atoms with Gasteiger partial charge in [0.05, 0.1) is 23.7 Å². The van der Waals surface area contributed by atoms with Crippen molar-refractivity contribution in [1.82, 2.24) is 23.8 Å². The number of imidazole rings is 1. The molecule has 1 fully saturated rings. The van der Waals surface area contributed by atoms with Gasteiger partial charge in [-0.25, -0.2) is 18.4 Å². The van der Waals surface area contributed by atoms with Crippen LogP contribution in [0.3, 0.4) is 0 Å². The van der Waals surface area contributed by atoms with Crippen molar-refractivity contribution in [2.24, 2.45) is 0 Å². The van der Waals surface area contributed by atoms with E-state index in [1.54, 1.807) is 35.6 Å². The first kappa shape index (κ1) is 25.6. The van der Waals surface area contributed by atoms with E-state index in [0.717, 1.165) is 41.0 Å². The van der Waals surface area contributed by atoms with E-state index in [0.29, 0.717) is 29.2 Å². The highest BCUT2D eigenvalue weighted by Crippen LogP contribution is 2.40. The molecule has 1 atom stereocenters. The molecule has 2 aliphatic rings. The first-order valence-electron chi connectivity index (χ1n) is 12.6. The summed E-state index contributed by atoms with van der Waals surface area (Å²) in [6, 6.07) is 15.5. The zero-order valence-corrected chi connectivity index (χ0v) is 23.1. The Kier molecular flexibility index (Phi) is 6.66. The Bertz CT molecular complexity index is 1620. The van der Waals surface area contributed by atoms with E-state index in [4.69, 9.17) is 26.3 Å². The Balaban J connectivity index is 1.38. The lowest BCUT2D eigenvalue weighted by Gasteiger charge is -2.34. The minimum absolute atomic E-state index is 0.234. The van der Waals surface area contributed by atoms with Gasteiger partial charge in [0.2, 0.25) is 16.0 Å². The quantitative estimate of drug-likeness (QED) is 0.320. The van der Waals surface area contributed by atoms with Gasteiger partial charge in [-0.3, -0.25) is 0 Å². The molecule has 0 radical (unpaired) electrons. The molecule has 2 aromatic heterocycles. The van der Waals surface area contributed by atoms with E-state index in [1.165, 1.54) is 0 Å². The smallest absolute Gasteiger partial charge is 0.229 e. The van der Waals surface area contributed by atoms with Crippen LogP contribution in [0.2, 0.25) is 5.15 Å². The molecule has 1 aliphatic heterocycles. The number of fused-ring (bicyclic) bond motifs is 1. The van der Waals surface area contributed by atoms with E-state index in [9.17, 15) is 8.42 Å². The van der Waals surface area contributed by atoms with Crippen LogP contribution in [0.25, 0.3) is 5.69 Å². The standard InChI is InChI=1S/C27H28ClN7O3S/c1-29-26-21-14-35(39(36,37)19-9-10-19)13-20(17-6-4-3-5-7-17)25(21)32-27(33-26)31-18-8-11-22(23(12-18)38-2)34-15-24(28)30-16-34/h3-8,11-12,15-16,19-20H,9-10,13-14H2,1-2H3,(H2,29,31,32,33). The van der Waals surface area contributed by atoms with E-state index < -0.39 is 10.0 Å². The number of anilines is 3. The second-order valence-corrected chi connectivity index (χ2v) is 12.2. The zero-order valence-electron chi connectivity index (χ0n) is 21.5. The lowest BCUT2D eigenvalue weighted by atomic mass is 9.89. The van der Waals surface area contributed by atoms with Crippen LogP contribution in [-0.4, -0.2) is 58.2 Å². The molecule has 1 saturated carbocycles. The molecule has 0 saturated heterocycles. The fourth-order valence-corrected chi connectivity index (χ4v) is 6.95. The van der Waals surface area contributed by atoms with Crippen molar-refractivity contribution in [3.63, 3.8) is 0 Å². The molecule has 1 aliphatic carbocycles. The predicted octanol–water partition coefficient (Wildman–Crippen LogP) is 4.55. The minimum Gasteiger partial charge on any atom is -0.494 e. The second kappa shape index (κ2) is 10.1. The number of halogens is 1. The Morgan fingerprint density at radius 1 is 1.10 bits per heavy atom. The van der Waals surface area contributed by atoms with E-state index in [1.807, 2.05) is 48.5 Å². The van der Waals surface area contributed by atoms with Crippen LogP contribution in [0.4, 0.5) is 17.5 Å². The lowest BCUT2D eigenvalue weighted by molar-refractivity contribution is 0.367. The summed E-state index contributed by atoms with van der Waals surface area (Å²) in [4.78, 5) is 13.7. The molecule has 202 valence electrons. The molecular formula is C27H28ClN7O3S. The number of sulfonamides is 1. The number of benzene rings is 2. The molecule has 1 unspecified atom stereocenters. The average Bonchev–Trinajstić information content (AvgIpc) is 3.74. The summed E-state index contributed by atoms with van der Waals surface area (Å²) in [6.07, 6.45) is 4.76. The maximum Gasteiger partial charge on any atom is 0.229 e. The Morgan fingerprint density at radius 2 is 1.90 bits per heavy atom. The molecule has 0 bridgehead atoms. The Hall–Kier alpha value is -3.67. The van der Waals surface area contributed by atoms with Gasteiger partial charge in [-0.05, 0) is 30.5 Å². The van der Waals surface area contributed by atoms with Crippen LogP contribution >= 0.6 is 11.6 Å². The third-order valence-corrected chi connectivity index (χ3v) is 9.61. The molecule has 10 nitrogen and oxygen atoms in total. The van der Waals surface area contributed by atoms with Crippen molar-refractivity contribution in [1.29, 1.82) is 0 Å². The SMILES string of the molecule is CNc1nc(Nc2ccc(-n3cnc(Cl)c3)c(OC)c2)nc2c1CN(S(=O)(=O)C1CC1)CC2c1ccccc1. The van der Waals surface area contributed by atoms with Gasteiger partial charge in [-0.2, -0.15) is 9.29 Å². The monoisotopic (exact) mass is 565 g/mol. The normalized spacial score (nSPS) is 17.5. The molecule has 0 amide bonds. The van der Waals surface area contributed by atoms with Crippen molar-refractivity contribution in [2.75, 3.05) is 31.3 Å². The van der Waals surface area contributed by atoms with Crippen molar-refractivity contribution in [3.05, 3.63) is 83.0 Å². The fourth-order valence-electron chi connectivity index (χ4n) is 4.99. The van der Waals surface area contributed by atoms with Gasteiger partial charge in [0.1, 0.15) is 23.0 Å². The van der Waals surface area contributed by atoms with Crippen LogP contribution < -0.4 is 15.4 Å². The molecule has 2 aromatic carbocycles. The van der Waals surface area contributed by atoms with E-state index in [-0.39, 0.29) is 17.7 Å². The number of hydrogen-bond acceptors (Lipinski definition) is 8. The molecule has 2 N–H and O–H groups in total. The number of nitrogens with zero attached hydrogens (tertiary/aromatic N) is 5. The maximum atomic E-state index is 13.3. The number of methoxy groups -OCH3 is 1. The van der Waals surface area contributed by atoms with Crippen molar-refractivity contribution in [2.45, 2.75) is 30.6 Å². The number of hydrogen-bond donors (Lipinski definition) is 2. The van der Waals surface area contributed by atoms with Crippen LogP contribution in [0, 0.1) is 0 Å². The molecule has 3 heterocycles. The zero-order chi connectivity index (χ0) is 27.1. The summed E-state index contributed by atoms with van der Waals surface area (Å²) in [5.74, 6) is 1.37. The van der Waals surface area contributed by atoms with Crippen molar-refractivity contribution < 1.29 is 13.2 Å².